The van der Waals surface area contributed by atoms with Gasteiger partial charge in [0, 0.05) is 22.6 Å². The van der Waals surface area contributed by atoms with Crippen molar-refractivity contribution >= 4 is 26.4 Å². The van der Waals surface area contributed by atoms with Crippen LogP contribution in [0.3, 0.4) is 0 Å². The van der Waals surface area contributed by atoms with E-state index >= 15 is 0 Å². The number of hydrogen-bond acceptors (Lipinski definition) is 2. The van der Waals surface area contributed by atoms with Crippen LogP contribution in [0.15, 0.2) is 30.3 Å². The fraction of sp³-hybridized carbons (Fsp3) is 0.300. The number of carbonyl (C=O) groups is 1. The highest BCUT2D eigenvalue weighted by Gasteiger charge is 2.12. The molecule has 3 heteroatoms. The lowest BCUT2D eigenvalue weighted by molar-refractivity contribution is -0.111. The van der Waals surface area contributed by atoms with E-state index in [0.717, 1.165) is 6.42 Å². The van der Waals surface area contributed by atoms with Crippen LogP contribution in [0, 0.1) is 0 Å². The molecule has 0 fully saturated rings. The molecule has 0 aliphatic carbocycles. The van der Waals surface area contributed by atoms with Crippen molar-refractivity contribution in [1.29, 1.82) is 0 Å². The van der Waals surface area contributed by atoms with Crippen LogP contribution in [0.1, 0.15) is 5.56 Å². The summed E-state index contributed by atoms with van der Waals surface area (Å²) >= 11 is 1.83. The smallest absolute Gasteiger partial charge is 0.209 e. The molecule has 0 heterocycles. The van der Waals surface area contributed by atoms with Gasteiger partial charge in [-0.15, -0.1) is 0 Å². The molecule has 1 aromatic carbocycles. The third-order valence-electron chi connectivity index (χ3n) is 1.91. The molecule has 0 unspecified atom stereocenters. The number of likely N-dealkylation sites (N-methyl/N-ethyl adjacent to an activating group) is 1. The fourth-order valence-electron chi connectivity index (χ4n) is 1.15. The molecule has 1 rings (SSSR count). The van der Waals surface area contributed by atoms with Crippen molar-refractivity contribution in [1.82, 2.24) is 5.32 Å². The first-order valence-electron chi connectivity index (χ1n) is 4.14. The summed E-state index contributed by atoms with van der Waals surface area (Å²) in [5.41, 5.74) is 1.19. The van der Waals surface area contributed by atoms with Crippen molar-refractivity contribution in [3.8, 4) is 0 Å². The zero-order valence-electron chi connectivity index (χ0n) is 7.46. The topological polar surface area (TPSA) is 29.1 Å². The quantitative estimate of drug-likeness (QED) is 0.676. The minimum Gasteiger partial charge on any atom is -0.310 e. The summed E-state index contributed by atoms with van der Waals surface area (Å²) in [5, 5.41) is 2.99. The highest BCUT2D eigenvalue weighted by atomic mass is 127. The van der Waals surface area contributed by atoms with E-state index in [1.807, 2.05) is 60.0 Å². The van der Waals surface area contributed by atoms with Gasteiger partial charge in [-0.05, 0) is 19.0 Å². The van der Waals surface area contributed by atoms with Gasteiger partial charge >= 0.3 is 0 Å². The van der Waals surface area contributed by atoms with E-state index in [1.54, 1.807) is 0 Å². The van der Waals surface area contributed by atoms with Gasteiger partial charge in [-0.2, -0.15) is 0 Å². The summed E-state index contributed by atoms with van der Waals surface area (Å²) in [6.07, 6.45) is 0.763. The molecule has 0 saturated carbocycles. The van der Waals surface area contributed by atoms with E-state index in [9.17, 15) is 4.79 Å². The highest BCUT2D eigenvalue weighted by molar-refractivity contribution is 14.1. The van der Waals surface area contributed by atoms with Crippen molar-refractivity contribution in [2.45, 2.75) is 12.5 Å². The molecule has 0 saturated heterocycles. The average molecular weight is 289 g/mol. The predicted molar refractivity (Wildman–Crippen MR) is 62.0 cm³/mol. The van der Waals surface area contributed by atoms with E-state index in [-0.39, 0.29) is 9.83 Å². The van der Waals surface area contributed by atoms with Gasteiger partial charge < -0.3 is 5.32 Å². The van der Waals surface area contributed by atoms with Crippen LogP contribution < -0.4 is 5.32 Å². The van der Waals surface area contributed by atoms with E-state index < -0.39 is 0 Å². The summed E-state index contributed by atoms with van der Waals surface area (Å²) in [6.45, 7) is 0. The van der Waals surface area contributed by atoms with Crippen molar-refractivity contribution in [2.75, 3.05) is 7.05 Å². The Morgan fingerprint density at radius 1 is 1.46 bits per heavy atom. The van der Waals surface area contributed by atoms with Crippen LogP contribution in [0.2, 0.25) is 0 Å². The molecule has 0 aromatic heterocycles. The van der Waals surface area contributed by atoms with E-state index in [1.165, 1.54) is 5.56 Å². The zero-order valence-corrected chi connectivity index (χ0v) is 9.61. The Morgan fingerprint density at radius 3 is 2.54 bits per heavy atom. The molecule has 0 aliphatic rings. The first kappa shape index (κ1) is 10.7. The van der Waals surface area contributed by atoms with Gasteiger partial charge in [0.2, 0.25) is 3.79 Å². The number of rotatable bonds is 4. The van der Waals surface area contributed by atoms with Crippen LogP contribution in [-0.4, -0.2) is 16.9 Å². The lowest BCUT2D eigenvalue weighted by Gasteiger charge is -2.10. The minimum absolute atomic E-state index is 0.0667. The van der Waals surface area contributed by atoms with Gasteiger partial charge in [0.25, 0.3) is 0 Å². The van der Waals surface area contributed by atoms with Gasteiger partial charge in [0.15, 0.2) is 0 Å². The lowest BCUT2D eigenvalue weighted by Crippen LogP contribution is -2.32. The van der Waals surface area contributed by atoms with Crippen LogP contribution in [0.4, 0.5) is 0 Å². The van der Waals surface area contributed by atoms with Gasteiger partial charge in [-0.3, -0.25) is 4.79 Å². The molecule has 1 aromatic rings. The Labute approximate surface area is 91.9 Å². The first-order chi connectivity index (χ1) is 6.24. The second-order valence-electron chi connectivity index (χ2n) is 2.84. The number of benzene rings is 1. The molecular weight excluding hydrogens is 277 g/mol. The van der Waals surface area contributed by atoms with E-state index in [2.05, 4.69) is 5.32 Å². The van der Waals surface area contributed by atoms with E-state index in [0.29, 0.717) is 0 Å². The third kappa shape index (κ3) is 3.44. The van der Waals surface area contributed by atoms with Gasteiger partial charge in [0.1, 0.15) is 0 Å². The van der Waals surface area contributed by atoms with Crippen molar-refractivity contribution in [3.05, 3.63) is 35.9 Å². The summed E-state index contributed by atoms with van der Waals surface area (Å²) in [5.74, 6) is 0. The molecule has 0 amide bonds. The maximum absolute atomic E-state index is 11.1. The van der Waals surface area contributed by atoms with Crippen molar-refractivity contribution < 1.29 is 4.79 Å². The molecule has 1 N–H and O–H groups in total. The minimum atomic E-state index is -0.0667. The monoisotopic (exact) mass is 289 g/mol. The Hall–Kier alpha value is -0.420. The normalized spacial score (nSPS) is 12.5. The lowest BCUT2D eigenvalue weighted by atomic mass is 10.1. The highest BCUT2D eigenvalue weighted by Crippen LogP contribution is 2.05. The van der Waals surface area contributed by atoms with Crippen LogP contribution in [0.25, 0.3) is 0 Å². The Bertz CT molecular complexity index is 274. The number of carbonyl (C=O) groups excluding carboxylic acids is 1. The third-order valence-corrected chi connectivity index (χ3v) is 2.66. The molecule has 1 atom stereocenters. The molecule has 0 bridgehead atoms. The molecule has 70 valence electrons. The Balaban J connectivity index is 2.62. The fourth-order valence-corrected chi connectivity index (χ4v) is 1.68. The maximum Gasteiger partial charge on any atom is 0.209 e. The van der Waals surface area contributed by atoms with Crippen molar-refractivity contribution in [2.24, 2.45) is 0 Å². The number of halogens is 1. The molecular formula is C10H12INO. The van der Waals surface area contributed by atoms with Crippen molar-refractivity contribution in [3.63, 3.8) is 0 Å². The molecule has 13 heavy (non-hydrogen) atoms. The standard InChI is InChI=1S/C10H12INO/c1-12-9(10(11)13)7-8-5-3-2-4-6-8/h2-6,9,12H,7H2,1H3/t9-/m0/s1. The summed E-state index contributed by atoms with van der Waals surface area (Å²) in [7, 11) is 1.81. The van der Waals surface area contributed by atoms with Gasteiger partial charge in [0.05, 0.1) is 6.04 Å². The number of nitrogens with one attached hydrogen (secondary N) is 1. The number of hydrogen-bond donors (Lipinski definition) is 1. The molecule has 0 spiro atoms. The summed E-state index contributed by atoms with van der Waals surface area (Å²) in [6, 6.07) is 9.94. The van der Waals surface area contributed by atoms with Gasteiger partial charge in [-0.1, -0.05) is 30.3 Å². The zero-order chi connectivity index (χ0) is 9.68. The second-order valence-corrected chi connectivity index (χ2v) is 3.90. The Kier molecular flexibility index (Phi) is 4.38. The Morgan fingerprint density at radius 2 is 2.08 bits per heavy atom. The second kappa shape index (κ2) is 5.34. The average Bonchev–Trinajstić information content (AvgIpc) is 2.15. The van der Waals surface area contributed by atoms with Crippen LogP contribution in [-0.2, 0) is 11.2 Å². The van der Waals surface area contributed by atoms with Crippen LogP contribution in [0.5, 0.6) is 0 Å². The largest absolute Gasteiger partial charge is 0.310 e. The van der Waals surface area contributed by atoms with Crippen LogP contribution >= 0.6 is 22.6 Å². The van der Waals surface area contributed by atoms with E-state index in [4.69, 9.17) is 0 Å². The summed E-state index contributed by atoms with van der Waals surface area (Å²) < 4.78 is 0.156. The summed E-state index contributed by atoms with van der Waals surface area (Å²) in [4.78, 5) is 11.1. The van der Waals surface area contributed by atoms with Gasteiger partial charge in [-0.25, -0.2) is 0 Å². The SMILES string of the molecule is CN[C@@H](Cc1ccccc1)C(=O)I. The predicted octanol–water partition coefficient (Wildman–Crippen LogP) is 1.78. The molecule has 0 radical (unpaired) electrons. The first-order valence-corrected chi connectivity index (χ1v) is 5.22. The molecule has 2 nitrogen and oxygen atoms in total. The maximum atomic E-state index is 11.1. The molecule has 0 aliphatic heterocycles.